The quantitative estimate of drug-likeness (QED) is 0.766. The molecule has 0 spiro atoms. The van der Waals surface area contributed by atoms with Crippen LogP contribution in [0.15, 0.2) is 54.6 Å². The number of benzene rings is 2. The summed E-state index contributed by atoms with van der Waals surface area (Å²) < 4.78 is 6.13. The molecule has 4 rings (SSSR count). The molecule has 2 nitrogen and oxygen atoms in total. The van der Waals surface area contributed by atoms with Gasteiger partial charge in [-0.15, -0.1) is 0 Å². The highest BCUT2D eigenvalue weighted by molar-refractivity contribution is 5.84. The first-order chi connectivity index (χ1) is 11.8. The summed E-state index contributed by atoms with van der Waals surface area (Å²) >= 11 is 0. The molecule has 0 amide bonds. The van der Waals surface area contributed by atoms with Gasteiger partial charge in [0.25, 0.3) is 0 Å². The van der Waals surface area contributed by atoms with Crippen molar-refractivity contribution >= 4 is 10.8 Å². The Hall–Kier alpha value is -2.50. The zero-order chi connectivity index (χ0) is 16.4. The molecular formula is C22H21NO. The number of hydrogen-bond acceptors (Lipinski definition) is 2. The van der Waals surface area contributed by atoms with Crippen molar-refractivity contribution < 1.29 is 4.74 Å². The lowest BCUT2D eigenvalue weighted by Gasteiger charge is -2.27. The maximum Gasteiger partial charge on any atom is 0.122 e. The van der Waals surface area contributed by atoms with Crippen LogP contribution in [0.4, 0.5) is 0 Å². The Morgan fingerprint density at radius 1 is 1.17 bits per heavy atom. The second-order valence-electron chi connectivity index (χ2n) is 6.43. The standard InChI is InChI=1S/C22H21NO/c1-16(20-11-6-9-17-7-2-4-10-21(17)20)23-15-19-14-13-18-8-3-5-12-22(18)24-19/h3-6,8-12,16,19,23H,13-15H2,1H3/t16-,19-/m1/s1. The fraction of sp³-hybridized carbons (Fsp3) is 0.273. The second kappa shape index (κ2) is 6.55. The minimum Gasteiger partial charge on any atom is -0.489 e. The first kappa shape index (κ1) is 15.1. The monoisotopic (exact) mass is 315 g/mol. The zero-order valence-corrected chi connectivity index (χ0v) is 13.9. The van der Waals surface area contributed by atoms with Gasteiger partial charge in [-0.25, -0.2) is 0 Å². The molecule has 24 heavy (non-hydrogen) atoms. The molecule has 1 N–H and O–H groups in total. The maximum atomic E-state index is 6.13. The minimum atomic E-state index is 0.234. The molecule has 2 atom stereocenters. The van der Waals surface area contributed by atoms with Gasteiger partial charge in [-0.1, -0.05) is 42.5 Å². The van der Waals surface area contributed by atoms with Gasteiger partial charge >= 0.3 is 0 Å². The molecule has 0 saturated carbocycles. The van der Waals surface area contributed by atoms with Gasteiger partial charge in [0.1, 0.15) is 11.9 Å². The Morgan fingerprint density at radius 3 is 3.04 bits per heavy atom. The Labute approximate surface area is 143 Å². The first-order valence-electron chi connectivity index (χ1n) is 8.60. The van der Waals surface area contributed by atoms with Crippen molar-refractivity contribution in [3.05, 3.63) is 77.9 Å². The molecule has 3 aromatic carbocycles. The third-order valence-corrected chi connectivity index (χ3v) is 4.80. The van der Waals surface area contributed by atoms with Crippen LogP contribution in [0, 0.1) is 12.1 Å². The highest BCUT2D eigenvalue weighted by Gasteiger charge is 2.20. The van der Waals surface area contributed by atoms with Crippen LogP contribution in [0.1, 0.15) is 30.5 Å². The molecule has 2 heteroatoms. The predicted molar refractivity (Wildman–Crippen MR) is 97.2 cm³/mol. The lowest BCUT2D eigenvalue weighted by Crippen LogP contribution is -2.35. The number of fused-ring (bicyclic) bond motifs is 2. The first-order valence-corrected chi connectivity index (χ1v) is 8.60. The molecule has 120 valence electrons. The predicted octanol–water partition coefficient (Wildman–Crippen LogP) is 4.48. The van der Waals surface area contributed by atoms with E-state index in [0.29, 0.717) is 0 Å². The Bertz CT molecular complexity index is 837. The number of ether oxygens (including phenoxy) is 1. The molecule has 3 aromatic rings. The maximum absolute atomic E-state index is 6.13. The summed E-state index contributed by atoms with van der Waals surface area (Å²) in [6.07, 6.45) is 2.39. The summed E-state index contributed by atoms with van der Waals surface area (Å²) in [6.45, 7) is 3.07. The van der Waals surface area contributed by atoms with Crippen LogP contribution < -0.4 is 10.1 Å². The second-order valence-corrected chi connectivity index (χ2v) is 6.43. The number of rotatable bonds is 4. The van der Waals surface area contributed by atoms with E-state index in [1.54, 1.807) is 0 Å². The van der Waals surface area contributed by atoms with Crippen molar-refractivity contribution in [1.82, 2.24) is 5.32 Å². The van der Waals surface area contributed by atoms with E-state index in [0.717, 1.165) is 30.5 Å². The van der Waals surface area contributed by atoms with E-state index in [2.05, 4.69) is 66.8 Å². The van der Waals surface area contributed by atoms with Crippen LogP contribution in [0.25, 0.3) is 10.8 Å². The van der Waals surface area contributed by atoms with Crippen molar-refractivity contribution in [2.45, 2.75) is 31.9 Å². The molecule has 1 aliphatic rings. The molecule has 0 unspecified atom stereocenters. The molecule has 1 heterocycles. The SMILES string of the molecule is C[C@@H](NC[C@H]1CCc2ccccc2O1)c1cccc2c#cccc12. The van der Waals surface area contributed by atoms with E-state index in [1.807, 2.05) is 12.1 Å². The third kappa shape index (κ3) is 2.96. The topological polar surface area (TPSA) is 21.3 Å². The van der Waals surface area contributed by atoms with E-state index in [1.165, 1.54) is 16.5 Å². The Kier molecular flexibility index (Phi) is 4.11. The molecule has 0 radical (unpaired) electrons. The third-order valence-electron chi connectivity index (χ3n) is 4.80. The Morgan fingerprint density at radius 2 is 2.08 bits per heavy atom. The van der Waals surface area contributed by atoms with Crippen molar-refractivity contribution in [2.24, 2.45) is 0 Å². The van der Waals surface area contributed by atoms with E-state index in [9.17, 15) is 0 Å². The molecular weight excluding hydrogens is 294 g/mol. The van der Waals surface area contributed by atoms with Gasteiger partial charge in [0.15, 0.2) is 0 Å². The van der Waals surface area contributed by atoms with Crippen molar-refractivity contribution in [1.29, 1.82) is 0 Å². The number of aryl methyl sites for hydroxylation is 1. The number of hydrogen-bond donors (Lipinski definition) is 1. The van der Waals surface area contributed by atoms with Gasteiger partial charge in [0.05, 0.1) is 0 Å². The molecule has 1 aliphatic heterocycles. The summed E-state index contributed by atoms with van der Waals surface area (Å²) in [5.74, 6) is 1.04. The van der Waals surface area contributed by atoms with Gasteiger partial charge in [-0.2, -0.15) is 0 Å². The van der Waals surface area contributed by atoms with Crippen LogP contribution >= 0.6 is 0 Å². The average molecular weight is 315 g/mol. The molecule has 0 fully saturated rings. The molecule has 0 aliphatic carbocycles. The van der Waals surface area contributed by atoms with Gasteiger partial charge in [-0.05, 0) is 60.5 Å². The van der Waals surface area contributed by atoms with Crippen LogP contribution in [0.2, 0.25) is 0 Å². The van der Waals surface area contributed by atoms with E-state index in [4.69, 9.17) is 4.74 Å². The van der Waals surface area contributed by atoms with Gasteiger partial charge in [0.2, 0.25) is 0 Å². The average Bonchev–Trinajstić information content (AvgIpc) is 2.65. The lowest BCUT2D eigenvalue weighted by atomic mass is 9.99. The largest absolute Gasteiger partial charge is 0.489 e. The summed E-state index contributed by atoms with van der Waals surface area (Å²) in [4.78, 5) is 0. The normalized spacial score (nSPS) is 17.6. The zero-order valence-electron chi connectivity index (χ0n) is 13.9. The fourth-order valence-corrected chi connectivity index (χ4v) is 3.44. The van der Waals surface area contributed by atoms with E-state index < -0.39 is 0 Å². The summed E-state index contributed by atoms with van der Waals surface area (Å²) in [7, 11) is 0. The molecule has 0 saturated heterocycles. The summed E-state index contributed by atoms with van der Waals surface area (Å²) in [5.41, 5.74) is 2.62. The molecule has 0 aromatic heterocycles. The highest BCUT2D eigenvalue weighted by Crippen LogP contribution is 2.27. The fourth-order valence-electron chi connectivity index (χ4n) is 3.44. The number of para-hydroxylation sites is 1. The lowest BCUT2D eigenvalue weighted by molar-refractivity contribution is 0.167. The molecule has 0 bridgehead atoms. The van der Waals surface area contributed by atoms with Crippen molar-refractivity contribution in [2.75, 3.05) is 6.54 Å². The summed E-state index contributed by atoms with van der Waals surface area (Å²) in [6, 6.07) is 25.2. The van der Waals surface area contributed by atoms with Gasteiger partial charge in [0, 0.05) is 18.0 Å². The van der Waals surface area contributed by atoms with Crippen molar-refractivity contribution in [3.63, 3.8) is 0 Å². The van der Waals surface area contributed by atoms with Crippen molar-refractivity contribution in [3.8, 4) is 5.75 Å². The van der Waals surface area contributed by atoms with E-state index in [-0.39, 0.29) is 12.1 Å². The minimum absolute atomic E-state index is 0.234. The van der Waals surface area contributed by atoms with Gasteiger partial charge < -0.3 is 10.1 Å². The smallest absolute Gasteiger partial charge is 0.122 e. The van der Waals surface area contributed by atoms with Crippen LogP contribution in [0.5, 0.6) is 5.75 Å². The van der Waals surface area contributed by atoms with E-state index >= 15 is 0 Å². The van der Waals surface area contributed by atoms with Crippen LogP contribution in [-0.4, -0.2) is 12.6 Å². The van der Waals surface area contributed by atoms with Gasteiger partial charge in [-0.3, -0.25) is 0 Å². The number of nitrogens with one attached hydrogen (secondary N) is 1. The Balaban J connectivity index is 1.44. The summed E-state index contributed by atoms with van der Waals surface area (Å²) in [5, 5.41) is 6.00. The highest BCUT2D eigenvalue weighted by atomic mass is 16.5. The van der Waals surface area contributed by atoms with Crippen LogP contribution in [-0.2, 0) is 6.42 Å². The van der Waals surface area contributed by atoms with Crippen LogP contribution in [0.3, 0.4) is 0 Å².